The largest absolute Gasteiger partial charge is 0.345 e. The van der Waals surface area contributed by atoms with Crippen molar-refractivity contribution in [2.45, 2.75) is 226 Å². The number of hydrogen-bond donors (Lipinski definition) is 1. The fourth-order valence-electron chi connectivity index (χ4n) is 6.62. The molecule has 0 fully saturated rings. The highest BCUT2D eigenvalue weighted by molar-refractivity contribution is 5.72. The summed E-state index contributed by atoms with van der Waals surface area (Å²) < 4.78 is 0. The van der Waals surface area contributed by atoms with Crippen molar-refractivity contribution in [3.05, 3.63) is 0 Å². The molecule has 2 atom stereocenters. The zero-order valence-electron chi connectivity index (χ0n) is 28.5. The van der Waals surface area contributed by atoms with Gasteiger partial charge < -0.3 is 4.89 Å². The molecule has 0 saturated heterocycles. The van der Waals surface area contributed by atoms with Crippen molar-refractivity contribution in [3.63, 3.8) is 0 Å². The third kappa shape index (κ3) is 28.0. The Bertz CT molecular complexity index is 506. The Balaban J connectivity index is 4.33. The lowest BCUT2D eigenvalue weighted by Gasteiger charge is -2.25. The molecule has 0 aliphatic heterocycles. The first-order valence-corrected chi connectivity index (χ1v) is 19.1. The van der Waals surface area contributed by atoms with E-state index in [0.717, 1.165) is 25.7 Å². The summed E-state index contributed by atoms with van der Waals surface area (Å²) in [6, 6.07) is 0. The topological polar surface area (TPSA) is 46.5 Å². The lowest BCUT2D eigenvalue weighted by atomic mass is 9.80. The fourth-order valence-corrected chi connectivity index (χ4v) is 6.62. The van der Waals surface area contributed by atoms with Crippen molar-refractivity contribution in [1.29, 1.82) is 0 Å². The van der Waals surface area contributed by atoms with Gasteiger partial charge in [-0.25, -0.2) is 4.79 Å². The molecular weight excluding hydrogens is 504 g/mol. The number of hydrogen-bond acceptors (Lipinski definition) is 3. The van der Waals surface area contributed by atoms with Crippen LogP contribution in [0.25, 0.3) is 0 Å². The lowest BCUT2D eigenvalue weighted by molar-refractivity contribution is -0.241. The molecular formula is C38H76O3. The molecule has 0 saturated carbocycles. The van der Waals surface area contributed by atoms with Crippen molar-refractivity contribution < 1.29 is 14.9 Å². The number of unbranched alkanes of at least 4 members (excludes halogenated alkanes) is 26. The van der Waals surface area contributed by atoms with Gasteiger partial charge in [0.25, 0.3) is 0 Å². The molecule has 0 bridgehead atoms. The SMILES string of the molecule is CCCCCCCCCCCCCCCCC(C(=O)OO)C(CCCCCCCC)CCCCCCCCCCC. The summed E-state index contributed by atoms with van der Waals surface area (Å²) in [4.78, 5) is 17.1. The fraction of sp³-hybridized carbons (Fsp3) is 0.974. The van der Waals surface area contributed by atoms with Crippen molar-refractivity contribution in [3.8, 4) is 0 Å². The smallest absolute Gasteiger partial charge is 0.301 e. The van der Waals surface area contributed by atoms with E-state index >= 15 is 0 Å². The second-order valence-corrected chi connectivity index (χ2v) is 13.3. The second-order valence-electron chi connectivity index (χ2n) is 13.3. The molecule has 0 radical (unpaired) electrons. The van der Waals surface area contributed by atoms with Gasteiger partial charge in [0.1, 0.15) is 0 Å². The summed E-state index contributed by atoms with van der Waals surface area (Å²) in [5, 5.41) is 9.32. The van der Waals surface area contributed by atoms with E-state index in [1.54, 1.807) is 0 Å². The van der Waals surface area contributed by atoms with E-state index in [4.69, 9.17) is 0 Å². The monoisotopic (exact) mass is 581 g/mol. The van der Waals surface area contributed by atoms with Crippen molar-refractivity contribution in [2.75, 3.05) is 0 Å². The van der Waals surface area contributed by atoms with Crippen LogP contribution in [-0.4, -0.2) is 11.2 Å². The van der Waals surface area contributed by atoms with Crippen LogP contribution in [0.4, 0.5) is 0 Å². The van der Waals surface area contributed by atoms with Crippen molar-refractivity contribution >= 4 is 5.97 Å². The van der Waals surface area contributed by atoms with Gasteiger partial charge in [-0.3, -0.25) is 0 Å². The molecule has 2 unspecified atom stereocenters. The van der Waals surface area contributed by atoms with Gasteiger partial charge >= 0.3 is 5.97 Å². The van der Waals surface area contributed by atoms with Gasteiger partial charge in [-0.15, -0.1) is 0 Å². The summed E-state index contributed by atoms with van der Waals surface area (Å²) in [6.07, 6.45) is 41.8. The zero-order valence-corrected chi connectivity index (χ0v) is 28.5. The first-order valence-electron chi connectivity index (χ1n) is 19.1. The van der Waals surface area contributed by atoms with E-state index < -0.39 is 0 Å². The first kappa shape index (κ1) is 40.4. The maximum Gasteiger partial charge on any atom is 0.345 e. The van der Waals surface area contributed by atoms with Crippen LogP contribution in [0.15, 0.2) is 0 Å². The maximum atomic E-state index is 12.7. The van der Waals surface area contributed by atoms with E-state index in [9.17, 15) is 10.1 Å². The minimum Gasteiger partial charge on any atom is -0.301 e. The summed E-state index contributed by atoms with van der Waals surface area (Å²) in [5.41, 5.74) is 0. The van der Waals surface area contributed by atoms with Crippen LogP contribution in [0.5, 0.6) is 0 Å². The average Bonchev–Trinajstić information content (AvgIpc) is 2.99. The molecule has 0 spiro atoms. The van der Waals surface area contributed by atoms with Gasteiger partial charge in [-0.05, 0) is 25.2 Å². The Kier molecular flexibility index (Phi) is 33.5. The third-order valence-electron chi connectivity index (χ3n) is 9.44. The number of rotatable bonds is 34. The lowest BCUT2D eigenvalue weighted by Crippen LogP contribution is -2.25. The molecule has 246 valence electrons. The average molecular weight is 581 g/mol. The summed E-state index contributed by atoms with van der Waals surface area (Å²) in [7, 11) is 0. The predicted molar refractivity (Wildman–Crippen MR) is 180 cm³/mol. The van der Waals surface area contributed by atoms with Crippen LogP contribution < -0.4 is 0 Å². The molecule has 1 N–H and O–H groups in total. The van der Waals surface area contributed by atoms with Gasteiger partial charge in [0, 0.05) is 0 Å². The van der Waals surface area contributed by atoms with Gasteiger partial charge in [-0.2, -0.15) is 5.26 Å². The van der Waals surface area contributed by atoms with Crippen LogP contribution >= 0.6 is 0 Å². The van der Waals surface area contributed by atoms with Crippen LogP contribution in [0.1, 0.15) is 226 Å². The number of carbonyl (C=O) groups is 1. The highest BCUT2D eigenvalue weighted by Gasteiger charge is 2.29. The van der Waals surface area contributed by atoms with Crippen LogP contribution in [-0.2, 0) is 9.68 Å². The normalized spacial score (nSPS) is 13.0. The molecule has 0 rings (SSSR count). The third-order valence-corrected chi connectivity index (χ3v) is 9.44. The molecule has 0 aromatic heterocycles. The zero-order chi connectivity index (χ0) is 30.1. The maximum absolute atomic E-state index is 12.7. The molecule has 0 aliphatic carbocycles. The van der Waals surface area contributed by atoms with Gasteiger partial charge in [0.05, 0.1) is 5.92 Å². The van der Waals surface area contributed by atoms with Gasteiger partial charge in [-0.1, -0.05) is 207 Å². The Morgan fingerprint density at radius 3 is 0.927 bits per heavy atom. The molecule has 0 aromatic rings. The molecule has 41 heavy (non-hydrogen) atoms. The molecule has 3 heteroatoms. The Morgan fingerprint density at radius 2 is 0.659 bits per heavy atom. The van der Waals surface area contributed by atoms with E-state index in [1.165, 1.54) is 180 Å². The quantitative estimate of drug-likeness (QED) is 0.0468. The van der Waals surface area contributed by atoms with Crippen molar-refractivity contribution in [2.24, 2.45) is 11.8 Å². The Morgan fingerprint density at radius 1 is 0.415 bits per heavy atom. The highest BCUT2D eigenvalue weighted by atomic mass is 17.1. The highest BCUT2D eigenvalue weighted by Crippen LogP contribution is 2.31. The standard InChI is InChI=1S/C38H76O3/c1-4-7-10-13-16-18-19-20-21-22-24-26-29-32-35-37(38(39)41-40)36(33-30-27-15-12-9-6-3)34-31-28-25-23-17-14-11-8-5-2/h36-37,40H,4-35H2,1-3H3. The number of carbonyl (C=O) groups excluding carboxylic acids is 1. The molecule has 0 aromatic carbocycles. The van der Waals surface area contributed by atoms with E-state index in [2.05, 4.69) is 25.7 Å². The van der Waals surface area contributed by atoms with E-state index in [-0.39, 0.29) is 11.9 Å². The van der Waals surface area contributed by atoms with E-state index in [0.29, 0.717) is 5.92 Å². The van der Waals surface area contributed by atoms with Gasteiger partial charge in [0.15, 0.2) is 0 Å². The molecule has 0 aliphatic rings. The predicted octanol–water partition coefficient (Wildman–Crippen LogP) is 13.8. The van der Waals surface area contributed by atoms with Crippen LogP contribution in [0, 0.1) is 11.8 Å². The van der Waals surface area contributed by atoms with Crippen molar-refractivity contribution in [1.82, 2.24) is 0 Å². The van der Waals surface area contributed by atoms with Crippen LogP contribution in [0.2, 0.25) is 0 Å². The Hall–Kier alpha value is -0.570. The van der Waals surface area contributed by atoms with E-state index in [1.807, 2.05) is 0 Å². The Labute approximate surface area is 258 Å². The first-order chi connectivity index (χ1) is 20.2. The van der Waals surface area contributed by atoms with Crippen LogP contribution in [0.3, 0.4) is 0 Å². The van der Waals surface area contributed by atoms with Gasteiger partial charge in [0.2, 0.25) is 0 Å². The molecule has 0 heterocycles. The summed E-state index contributed by atoms with van der Waals surface area (Å²) in [6.45, 7) is 6.83. The minimum absolute atomic E-state index is 0.123. The molecule has 0 amide bonds. The minimum atomic E-state index is -0.369. The summed E-state index contributed by atoms with van der Waals surface area (Å²) >= 11 is 0. The second kappa shape index (κ2) is 33.9. The molecule has 3 nitrogen and oxygen atoms in total. The summed E-state index contributed by atoms with van der Waals surface area (Å²) in [5.74, 6) is -0.124.